The predicted octanol–water partition coefficient (Wildman–Crippen LogP) is 6.77. The van der Waals surface area contributed by atoms with Gasteiger partial charge in [0.05, 0.1) is 0 Å². The van der Waals surface area contributed by atoms with Crippen LogP contribution < -0.4 is 0 Å². The van der Waals surface area contributed by atoms with Crippen molar-refractivity contribution in [2.75, 3.05) is 13.2 Å². The molecule has 168 valence electrons. The van der Waals surface area contributed by atoms with Crippen LogP contribution >= 0.6 is 0 Å². The van der Waals surface area contributed by atoms with Crippen molar-refractivity contribution in [3.05, 3.63) is 0 Å². The van der Waals surface area contributed by atoms with Gasteiger partial charge in [0.1, 0.15) is 5.60 Å². The molecule has 0 radical (unpaired) electrons. The molecule has 0 aromatic heterocycles. The van der Waals surface area contributed by atoms with Gasteiger partial charge in [-0.25, -0.2) is 0 Å². The van der Waals surface area contributed by atoms with Gasteiger partial charge in [-0.05, 0) is 63.5 Å². The zero-order chi connectivity index (χ0) is 22.6. The molecule has 0 N–H and O–H groups in total. The third-order valence-corrected chi connectivity index (χ3v) is 15.2. The lowest BCUT2D eigenvalue weighted by Gasteiger charge is -2.39. The van der Waals surface area contributed by atoms with Gasteiger partial charge in [0.25, 0.3) is 0 Å². The van der Waals surface area contributed by atoms with Gasteiger partial charge in [-0.15, -0.1) is 0 Å². The molecule has 0 fully saturated rings. The molecule has 0 heterocycles. The minimum absolute atomic E-state index is 0.142. The summed E-state index contributed by atoms with van der Waals surface area (Å²) < 4.78 is 18.4. The Morgan fingerprint density at radius 3 is 1.39 bits per heavy atom. The first-order chi connectivity index (χ1) is 12.2. The standard InChI is InChI=1S/C22H48O4Si2/c1-20(2,3)26-19(23)15-14-18(16-24-27(10,11)21(4,5)6)17-25-28(12,13)22(7,8)9/h18H,14-17H2,1-13H3. The van der Waals surface area contributed by atoms with Crippen molar-refractivity contribution in [2.45, 2.75) is 117 Å². The number of esters is 1. The Balaban J connectivity index is 5.04. The molecule has 4 nitrogen and oxygen atoms in total. The van der Waals surface area contributed by atoms with E-state index in [1.807, 2.05) is 20.8 Å². The van der Waals surface area contributed by atoms with E-state index >= 15 is 0 Å². The fraction of sp³-hybridized carbons (Fsp3) is 0.955. The Morgan fingerprint density at radius 1 is 0.750 bits per heavy atom. The first kappa shape index (κ1) is 27.8. The summed E-state index contributed by atoms with van der Waals surface area (Å²) in [5.74, 6) is 0.0629. The maximum Gasteiger partial charge on any atom is 0.306 e. The molecule has 0 amide bonds. The molecule has 0 bridgehead atoms. The Kier molecular flexibility index (Phi) is 9.69. The highest BCUT2D eigenvalue weighted by atomic mass is 28.4. The topological polar surface area (TPSA) is 44.8 Å². The summed E-state index contributed by atoms with van der Waals surface area (Å²) in [7, 11) is -3.67. The van der Waals surface area contributed by atoms with E-state index in [2.05, 4.69) is 67.7 Å². The van der Waals surface area contributed by atoms with Gasteiger partial charge in [-0.2, -0.15) is 0 Å². The van der Waals surface area contributed by atoms with E-state index in [9.17, 15) is 4.79 Å². The normalized spacial score (nSPS) is 14.5. The van der Waals surface area contributed by atoms with Crippen molar-refractivity contribution in [1.29, 1.82) is 0 Å². The average Bonchev–Trinajstić information content (AvgIpc) is 2.41. The highest BCUT2D eigenvalue weighted by Crippen LogP contribution is 2.38. The molecular formula is C22H48O4Si2. The number of hydrogen-bond acceptors (Lipinski definition) is 4. The van der Waals surface area contributed by atoms with Crippen LogP contribution in [0.25, 0.3) is 0 Å². The lowest BCUT2D eigenvalue weighted by atomic mass is 10.1. The van der Waals surface area contributed by atoms with Crippen LogP contribution in [0.5, 0.6) is 0 Å². The van der Waals surface area contributed by atoms with Gasteiger partial charge in [0.15, 0.2) is 16.6 Å². The molecule has 0 atom stereocenters. The highest BCUT2D eigenvalue weighted by Gasteiger charge is 2.39. The van der Waals surface area contributed by atoms with Gasteiger partial charge >= 0.3 is 5.97 Å². The molecule has 0 rings (SSSR count). The predicted molar refractivity (Wildman–Crippen MR) is 125 cm³/mol. The van der Waals surface area contributed by atoms with Crippen LogP contribution in [-0.2, 0) is 18.4 Å². The Labute approximate surface area is 177 Å². The van der Waals surface area contributed by atoms with Crippen molar-refractivity contribution in [3.63, 3.8) is 0 Å². The third-order valence-electron chi connectivity index (χ3n) is 6.15. The molecule has 0 aromatic rings. The summed E-state index contributed by atoms with van der Waals surface area (Å²) in [5, 5.41) is 0.339. The van der Waals surface area contributed by atoms with Gasteiger partial charge in [0.2, 0.25) is 0 Å². The van der Waals surface area contributed by atoms with E-state index in [1.54, 1.807) is 0 Å². The van der Waals surface area contributed by atoms with E-state index in [1.165, 1.54) is 0 Å². The second kappa shape index (κ2) is 9.75. The zero-order valence-electron chi connectivity index (χ0n) is 21.0. The number of hydrogen-bond donors (Lipinski definition) is 0. The average molecular weight is 433 g/mol. The van der Waals surface area contributed by atoms with Gasteiger partial charge in [0, 0.05) is 25.6 Å². The number of carbonyl (C=O) groups excluding carboxylic acids is 1. The summed E-state index contributed by atoms with van der Waals surface area (Å²) in [6.45, 7) is 29.6. The van der Waals surface area contributed by atoms with Crippen molar-refractivity contribution >= 4 is 22.6 Å². The van der Waals surface area contributed by atoms with Crippen LogP contribution in [0.2, 0.25) is 36.3 Å². The van der Waals surface area contributed by atoms with Crippen molar-refractivity contribution in [1.82, 2.24) is 0 Å². The quantitative estimate of drug-likeness (QED) is 0.298. The molecule has 6 heteroatoms. The van der Waals surface area contributed by atoms with E-state index in [-0.39, 0.29) is 22.0 Å². The van der Waals surface area contributed by atoms with Crippen LogP contribution in [-0.4, -0.2) is 41.4 Å². The maximum atomic E-state index is 12.2. The molecule has 0 aliphatic heterocycles. The van der Waals surface area contributed by atoms with Crippen molar-refractivity contribution in [2.24, 2.45) is 5.92 Å². The molecule has 28 heavy (non-hydrogen) atoms. The van der Waals surface area contributed by atoms with Gasteiger partial charge < -0.3 is 13.6 Å². The fourth-order valence-electron chi connectivity index (χ4n) is 2.01. The Hall–Kier alpha value is -0.176. The van der Waals surface area contributed by atoms with Crippen LogP contribution in [0.3, 0.4) is 0 Å². The van der Waals surface area contributed by atoms with E-state index in [0.717, 1.165) is 6.42 Å². The number of rotatable bonds is 9. The summed E-state index contributed by atoms with van der Waals surface area (Å²) in [6, 6.07) is 0. The summed E-state index contributed by atoms with van der Waals surface area (Å²) in [4.78, 5) is 12.2. The molecule has 0 aliphatic rings. The third kappa shape index (κ3) is 10.0. The summed E-state index contributed by atoms with van der Waals surface area (Å²) in [6.07, 6.45) is 1.14. The molecule has 0 saturated heterocycles. The first-order valence-electron chi connectivity index (χ1n) is 10.7. The van der Waals surface area contributed by atoms with Gasteiger partial charge in [-0.3, -0.25) is 4.79 Å². The van der Waals surface area contributed by atoms with Gasteiger partial charge in [-0.1, -0.05) is 41.5 Å². The van der Waals surface area contributed by atoms with Crippen molar-refractivity contribution < 1.29 is 18.4 Å². The lowest BCUT2D eigenvalue weighted by molar-refractivity contribution is -0.155. The van der Waals surface area contributed by atoms with Crippen LogP contribution in [0.15, 0.2) is 0 Å². The zero-order valence-corrected chi connectivity index (χ0v) is 23.0. The number of ether oxygens (including phenoxy) is 1. The first-order valence-corrected chi connectivity index (χ1v) is 16.5. The van der Waals surface area contributed by atoms with Crippen LogP contribution in [0.1, 0.15) is 75.2 Å². The maximum absolute atomic E-state index is 12.2. The second-order valence-corrected chi connectivity index (χ2v) is 21.8. The number of carbonyl (C=O) groups is 1. The monoisotopic (exact) mass is 432 g/mol. The van der Waals surface area contributed by atoms with E-state index < -0.39 is 22.2 Å². The molecule has 0 unspecified atom stereocenters. The van der Waals surface area contributed by atoms with Crippen molar-refractivity contribution in [3.8, 4) is 0 Å². The van der Waals surface area contributed by atoms with Crippen LogP contribution in [0, 0.1) is 5.92 Å². The molecule has 0 aromatic carbocycles. The molecule has 0 spiro atoms. The minimum Gasteiger partial charge on any atom is -0.460 e. The lowest BCUT2D eigenvalue weighted by Crippen LogP contribution is -2.44. The molecule has 0 aliphatic carbocycles. The van der Waals surface area contributed by atoms with Crippen LogP contribution in [0.4, 0.5) is 0 Å². The second-order valence-electron chi connectivity index (χ2n) is 12.1. The smallest absolute Gasteiger partial charge is 0.306 e. The van der Waals surface area contributed by atoms with E-state index in [4.69, 9.17) is 13.6 Å². The Bertz CT molecular complexity index is 464. The summed E-state index contributed by atoms with van der Waals surface area (Å²) in [5.41, 5.74) is -0.443. The molecular weight excluding hydrogens is 384 g/mol. The highest BCUT2D eigenvalue weighted by molar-refractivity contribution is 6.74. The summed E-state index contributed by atoms with van der Waals surface area (Å²) >= 11 is 0. The fourth-order valence-corrected chi connectivity index (χ4v) is 4.19. The SMILES string of the molecule is CC(C)(C)OC(=O)CCC(CO[Si](C)(C)C(C)(C)C)CO[Si](C)(C)C(C)(C)C. The minimum atomic E-state index is -1.83. The van der Waals surface area contributed by atoms with E-state index in [0.29, 0.717) is 19.6 Å². The largest absolute Gasteiger partial charge is 0.460 e. The molecule has 0 saturated carbocycles. The Morgan fingerprint density at radius 2 is 1.11 bits per heavy atom.